The molecule has 2 aliphatic heterocycles. The van der Waals surface area contributed by atoms with E-state index >= 15 is 0 Å². The molecule has 0 bridgehead atoms. The summed E-state index contributed by atoms with van der Waals surface area (Å²) in [5.74, 6) is -0.818. The highest BCUT2D eigenvalue weighted by molar-refractivity contribution is 8.26. The van der Waals surface area contributed by atoms with Gasteiger partial charge in [0.2, 0.25) is 5.17 Å². The normalized spacial score (nSPS) is 22.2. The number of hydrogen-bond acceptors (Lipinski definition) is 5. The monoisotopic (exact) mass is 184 g/mol. The predicted molar refractivity (Wildman–Crippen MR) is 43.1 cm³/mol. The summed E-state index contributed by atoms with van der Waals surface area (Å²) in [6.07, 6.45) is -0.221. The lowest BCUT2D eigenvalue weighted by atomic mass is 10.3. The summed E-state index contributed by atoms with van der Waals surface area (Å²) in [4.78, 5) is 25.5. The minimum atomic E-state index is -0.441. The number of carbonyl (C=O) groups excluding carboxylic acids is 2. The van der Waals surface area contributed by atoms with Crippen molar-refractivity contribution in [1.82, 2.24) is 5.01 Å². The Morgan fingerprint density at radius 3 is 3.00 bits per heavy atom. The number of fused-ring (bicyclic) bond motifs is 1. The molecule has 0 saturated carbocycles. The molecule has 0 saturated heterocycles. The fourth-order valence-corrected chi connectivity index (χ4v) is 1.57. The van der Waals surface area contributed by atoms with E-state index in [9.17, 15) is 9.59 Å². The number of hydrazone groups is 1. The Bertz CT molecular complexity index is 334. The zero-order chi connectivity index (χ0) is 8.72. The first kappa shape index (κ1) is 7.29. The second-order valence-electron chi connectivity index (χ2n) is 2.21. The summed E-state index contributed by atoms with van der Waals surface area (Å²) >= 11 is 1.02. The van der Waals surface area contributed by atoms with Crippen LogP contribution in [-0.2, 0) is 9.59 Å². The van der Waals surface area contributed by atoms with Crippen LogP contribution in [0.1, 0.15) is 6.42 Å². The van der Waals surface area contributed by atoms with Gasteiger partial charge in [-0.15, -0.1) is 5.10 Å². The van der Waals surface area contributed by atoms with Crippen LogP contribution in [0, 0.1) is 0 Å². The van der Waals surface area contributed by atoms with Gasteiger partial charge in [-0.25, -0.2) is 0 Å². The minimum absolute atomic E-state index is 0.221. The molecule has 2 N–H and O–H groups in total. The second-order valence-corrected chi connectivity index (χ2v) is 3.20. The lowest BCUT2D eigenvalue weighted by Gasteiger charge is -2.13. The molecule has 62 valence electrons. The molecule has 0 aromatic heterocycles. The smallest absolute Gasteiger partial charge is 0.258 e. The number of rotatable bonds is 0. The lowest BCUT2D eigenvalue weighted by molar-refractivity contribution is -0.133. The molecule has 0 unspecified atom stereocenters. The predicted octanol–water partition coefficient (Wildman–Crippen LogP) is -0.922. The Morgan fingerprint density at radius 2 is 2.25 bits per heavy atom. The molecule has 12 heavy (non-hydrogen) atoms. The van der Waals surface area contributed by atoms with Crippen LogP contribution >= 0.6 is 11.8 Å². The van der Waals surface area contributed by atoms with Crippen molar-refractivity contribution in [2.24, 2.45) is 15.8 Å². The van der Waals surface area contributed by atoms with Crippen molar-refractivity contribution in [3.63, 3.8) is 0 Å². The van der Waals surface area contributed by atoms with E-state index in [-0.39, 0.29) is 22.7 Å². The summed E-state index contributed by atoms with van der Waals surface area (Å²) < 4.78 is 0. The van der Waals surface area contributed by atoms with Crippen molar-refractivity contribution in [2.75, 3.05) is 0 Å². The van der Waals surface area contributed by atoms with Crippen LogP contribution in [0.5, 0.6) is 0 Å². The van der Waals surface area contributed by atoms with E-state index in [1.54, 1.807) is 0 Å². The first-order valence-corrected chi connectivity index (χ1v) is 3.95. The number of amidine groups is 2. The van der Waals surface area contributed by atoms with Gasteiger partial charge in [0.15, 0.2) is 5.17 Å². The molecule has 7 heteroatoms. The van der Waals surface area contributed by atoms with E-state index in [1.165, 1.54) is 0 Å². The Labute approximate surface area is 71.5 Å². The Hall–Kier alpha value is -1.37. The maximum Gasteiger partial charge on any atom is 0.258 e. The lowest BCUT2D eigenvalue weighted by Crippen LogP contribution is -2.33. The van der Waals surface area contributed by atoms with Gasteiger partial charge >= 0.3 is 0 Å². The largest absolute Gasteiger partial charge is 0.376 e. The molecular weight excluding hydrogens is 180 g/mol. The van der Waals surface area contributed by atoms with Crippen LogP contribution in [0.25, 0.3) is 0 Å². The first-order valence-electron chi connectivity index (χ1n) is 3.13. The summed E-state index contributed by atoms with van der Waals surface area (Å²) in [6, 6.07) is 0. The van der Waals surface area contributed by atoms with Crippen molar-refractivity contribution in [3.8, 4) is 0 Å². The number of nitrogens with two attached hydrogens (primary N) is 1. The molecular formula is C5H4N4O2S. The van der Waals surface area contributed by atoms with Crippen LogP contribution in [-0.4, -0.2) is 27.2 Å². The SMILES string of the molecule is NC1=NN2C(=O)CC(=O)N=C2S1. The highest BCUT2D eigenvalue weighted by atomic mass is 32.2. The Kier molecular flexibility index (Phi) is 1.40. The van der Waals surface area contributed by atoms with Crippen molar-refractivity contribution in [1.29, 1.82) is 0 Å². The highest BCUT2D eigenvalue weighted by Gasteiger charge is 2.33. The van der Waals surface area contributed by atoms with E-state index in [0.717, 1.165) is 16.8 Å². The van der Waals surface area contributed by atoms with Gasteiger partial charge in [-0.1, -0.05) is 0 Å². The molecule has 0 spiro atoms. The van der Waals surface area contributed by atoms with Gasteiger partial charge in [0.25, 0.3) is 11.8 Å². The fourth-order valence-electron chi connectivity index (χ4n) is 0.882. The highest BCUT2D eigenvalue weighted by Crippen LogP contribution is 2.22. The van der Waals surface area contributed by atoms with Gasteiger partial charge in [0, 0.05) is 0 Å². The van der Waals surface area contributed by atoms with E-state index in [4.69, 9.17) is 5.73 Å². The van der Waals surface area contributed by atoms with E-state index in [0.29, 0.717) is 0 Å². The second kappa shape index (κ2) is 2.31. The number of carbonyl (C=O) groups is 2. The fraction of sp³-hybridized carbons (Fsp3) is 0.200. The molecule has 2 heterocycles. The molecule has 2 rings (SSSR count). The molecule has 0 fully saturated rings. The summed E-state index contributed by atoms with van der Waals surface area (Å²) in [5, 5.41) is 5.23. The van der Waals surface area contributed by atoms with Gasteiger partial charge in [-0.3, -0.25) is 9.59 Å². The number of hydrogen-bond donors (Lipinski definition) is 1. The van der Waals surface area contributed by atoms with E-state index in [1.807, 2.05) is 0 Å². The van der Waals surface area contributed by atoms with Crippen LogP contribution in [0.4, 0.5) is 0 Å². The number of thioether (sulfide) groups is 1. The molecule has 0 aliphatic carbocycles. The van der Waals surface area contributed by atoms with Gasteiger partial charge in [-0.2, -0.15) is 10.0 Å². The van der Waals surface area contributed by atoms with Crippen molar-refractivity contribution in [3.05, 3.63) is 0 Å². The van der Waals surface area contributed by atoms with E-state index < -0.39 is 5.91 Å². The van der Waals surface area contributed by atoms with Crippen LogP contribution < -0.4 is 5.73 Å². The minimum Gasteiger partial charge on any atom is -0.376 e. The van der Waals surface area contributed by atoms with Crippen LogP contribution in [0.15, 0.2) is 10.1 Å². The summed E-state index contributed by atoms with van der Waals surface area (Å²) in [6.45, 7) is 0. The van der Waals surface area contributed by atoms with Crippen molar-refractivity contribution < 1.29 is 9.59 Å². The number of amides is 2. The Balaban J connectivity index is 2.39. The molecule has 2 amide bonds. The zero-order valence-corrected chi connectivity index (χ0v) is 6.67. The molecule has 0 aromatic rings. The molecule has 0 radical (unpaired) electrons. The third kappa shape index (κ3) is 0.981. The Morgan fingerprint density at radius 1 is 1.50 bits per heavy atom. The van der Waals surface area contributed by atoms with Gasteiger partial charge in [0.05, 0.1) is 0 Å². The van der Waals surface area contributed by atoms with E-state index in [2.05, 4.69) is 10.1 Å². The third-order valence-corrected chi connectivity index (χ3v) is 2.07. The van der Waals surface area contributed by atoms with Crippen LogP contribution in [0.3, 0.4) is 0 Å². The molecule has 6 nitrogen and oxygen atoms in total. The maximum atomic E-state index is 11.1. The molecule has 0 atom stereocenters. The quantitative estimate of drug-likeness (QED) is 0.493. The first-order chi connectivity index (χ1) is 5.66. The van der Waals surface area contributed by atoms with Gasteiger partial charge in [-0.05, 0) is 11.8 Å². The van der Waals surface area contributed by atoms with Gasteiger partial charge < -0.3 is 5.73 Å². The maximum absolute atomic E-state index is 11.1. The topological polar surface area (TPSA) is 88.1 Å². The number of nitrogens with zero attached hydrogens (tertiary/aromatic N) is 3. The van der Waals surface area contributed by atoms with Gasteiger partial charge in [0.1, 0.15) is 6.42 Å². The summed E-state index contributed by atoms with van der Waals surface area (Å²) in [7, 11) is 0. The third-order valence-electron chi connectivity index (χ3n) is 1.33. The molecule has 2 aliphatic rings. The average molecular weight is 184 g/mol. The summed E-state index contributed by atoms with van der Waals surface area (Å²) in [5.41, 5.74) is 5.33. The zero-order valence-electron chi connectivity index (χ0n) is 5.85. The van der Waals surface area contributed by atoms with Crippen LogP contribution in [0.2, 0.25) is 0 Å². The average Bonchev–Trinajstić information content (AvgIpc) is 2.29. The van der Waals surface area contributed by atoms with Crippen molar-refractivity contribution in [2.45, 2.75) is 6.42 Å². The standard InChI is InChI=1S/C5H4N4O2S/c6-4-8-9-3(11)1-2(10)7-5(9)12-4/h1H2,(H2,6,8). The number of aliphatic imine (C=N–C) groups is 1. The molecule has 0 aromatic carbocycles. The van der Waals surface area contributed by atoms with Crippen molar-refractivity contribution >= 4 is 33.9 Å².